The first-order valence-electron chi connectivity index (χ1n) is 9.81. The predicted octanol–water partition coefficient (Wildman–Crippen LogP) is 4.46. The molecule has 4 N–H and O–H groups in total. The largest absolute Gasteiger partial charge is 0.481 e. The van der Waals surface area contributed by atoms with E-state index in [1.165, 1.54) is 11.3 Å². The molecule has 0 saturated heterocycles. The third-order valence-electron chi connectivity index (χ3n) is 5.24. The molecular formula is C21H28Cl2O5S. The zero-order valence-corrected chi connectivity index (χ0v) is 18.4. The third kappa shape index (κ3) is 8.04. The molecule has 0 spiro atoms. The second-order valence-corrected chi connectivity index (χ2v) is 9.73. The van der Waals surface area contributed by atoms with Gasteiger partial charge in [-0.15, -0.1) is 11.3 Å². The molecule has 0 bridgehead atoms. The van der Waals surface area contributed by atoms with Crippen molar-refractivity contribution in [2.45, 2.75) is 63.3 Å². The minimum Gasteiger partial charge on any atom is -0.481 e. The van der Waals surface area contributed by atoms with E-state index in [1.807, 2.05) is 12.2 Å². The second kappa shape index (κ2) is 12.1. The summed E-state index contributed by atoms with van der Waals surface area (Å²) >= 11 is 13.3. The van der Waals surface area contributed by atoms with Gasteiger partial charge in [0.2, 0.25) is 0 Å². The Hall–Kier alpha value is -0.890. The molecule has 0 aromatic carbocycles. The van der Waals surface area contributed by atoms with E-state index in [9.17, 15) is 20.1 Å². The van der Waals surface area contributed by atoms with E-state index in [4.69, 9.17) is 28.3 Å². The summed E-state index contributed by atoms with van der Waals surface area (Å²) in [7, 11) is 0. The van der Waals surface area contributed by atoms with Crippen LogP contribution in [0.15, 0.2) is 30.4 Å². The quantitative estimate of drug-likeness (QED) is 0.287. The number of rotatable bonds is 11. The normalized spacial score (nSPS) is 26.0. The number of unbranched alkanes of at least 4 members (excludes halogenated alkanes) is 1. The van der Waals surface area contributed by atoms with E-state index in [-0.39, 0.29) is 18.3 Å². The molecule has 0 amide bonds. The Morgan fingerprint density at radius 1 is 1.28 bits per heavy atom. The van der Waals surface area contributed by atoms with Crippen LogP contribution in [0.5, 0.6) is 0 Å². The molecule has 29 heavy (non-hydrogen) atoms. The predicted molar refractivity (Wildman–Crippen MR) is 117 cm³/mol. The van der Waals surface area contributed by atoms with Gasteiger partial charge in [-0.3, -0.25) is 4.79 Å². The molecule has 1 aliphatic rings. The summed E-state index contributed by atoms with van der Waals surface area (Å²) in [6.45, 7) is 0. The Balaban J connectivity index is 1.84. The maximum atomic E-state index is 10.5. The minimum absolute atomic E-state index is 0.130. The highest BCUT2D eigenvalue weighted by atomic mass is 35.5. The fourth-order valence-electron chi connectivity index (χ4n) is 3.65. The van der Waals surface area contributed by atoms with Gasteiger partial charge in [-0.05, 0) is 49.7 Å². The van der Waals surface area contributed by atoms with Gasteiger partial charge in [0.05, 0.1) is 27.0 Å². The summed E-state index contributed by atoms with van der Waals surface area (Å²) in [6.07, 6.45) is 8.80. The fourth-order valence-corrected chi connectivity index (χ4v) is 5.19. The lowest BCUT2D eigenvalue weighted by Crippen LogP contribution is -2.20. The van der Waals surface area contributed by atoms with Crippen LogP contribution in [0.1, 0.15) is 44.1 Å². The molecular weight excluding hydrogens is 435 g/mol. The van der Waals surface area contributed by atoms with E-state index >= 15 is 0 Å². The summed E-state index contributed by atoms with van der Waals surface area (Å²) in [6, 6.07) is 1.81. The summed E-state index contributed by atoms with van der Waals surface area (Å²) in [5.74, 6) is -1.17. The van der Waals surface area contributed by atoms with Gasteiger partial charge in [0, 0.05) is 18.8 Å². The minimum atomic E-state index is -0.805. The molecule has 1 aromatic rings. The van der Waals surface area contributed by atoms with Gasteiger partial charge in [0.15, 0.2) is 0 Å². The van der Waals surface area contributed by atoms with Gasteiger partial charge in [-0.2, -0.15) is 0 Å². The van der Waals surface area contributed by atoms with E-state index in [0.717, 1.165) is 5.56 Å². The molecule has 1 heterocycles. The van der Waals surface area contributed by atoms with Crippen molar-refractivity contribution >= 4 is 40.5 Å². The lowest BCUT2D eigenvalue weighted by atomic mass is 9.89. The smallest absolute Gasteiger partial charge is 0.303 e. The zero-order chi connectivity index (χ0) is 21.4. The molecule has 1 saturated carbocycles. The maximum absolute atomic E-state index is 10.5. The standard InChI is InChI=1S/C21H28Cl2O5S/c22-19-11-13(21(23)29-19)7-8-14(24)9-10-16-15(17(25)12-18(16)26)5-3-1-2-4-6-20(27)28/h1,3,9-11,14-18,24-26H,2,4-8,12H2,(H,27,28)/b3-1-,10-9+/t14?,15-,16-,17?,18?/m1/s1. The van der Waals surface area contributed by atoms with Crippen molar-refractivity contribution in [1.29, 1.82) is 0 Å². The lowest BCUT2D eigenvalue weighted by Gasteiger charge is -2.19. The number of carbonyl (C=O) groups is 1. The highest BCUT2D eigenvalue weighted by molar-refractivity contribution is 7.20. The van der Waals surface area contributed by atoms with Crippen LogP contribution < -0.4 is 0 Å². The number of halogens is 2. The van der Waals surface area contributed by atoms with Crippen molar-refractivity contribution in [3.8, 4) is 0 Å². The maximum Gasteiger partial charge on any atom is 0.303 e. The summed E-state index contributed by atoms with van der Waals surface area (Å²) in [5, 5.41) is 39.4. The Labute approximate surface area is 185 Å². The average molecular weight is 463 g/mol. The first-order valence-corrected chi connectivity index (χ1v) is 11.4. The number of aliphatic hydroxyl groups excluding tert-OH is 3. The first kappa shape index (κ1) is 24.4. The fraction of sp³-hybridized carbons (Fsp3) is 0.571. The van der Waals surface area contributed by atoms with Gasteiger partial charge < -0.3 is 20.4 Å². The molecule has 1 fully saturated rings. The van der Waals surface area contributed by atoms with Gasteiger partial charge in [-0.1, -0.05) is 47.5 Å². The van der Waals surface area contributed by atoms with E-state index in [0.29, 0.717) is 47.2 Å². The number of aryl methyl sites for hydroxylation is 1. The van der Waals surface area contributed by atoms with Crippen LogP contribution in [-0.2, 0) is 11.2 Å². The zero-order valence-electron chi connectivity index (χ0n) is 16.1. The van der Waals surface area contributed by atoms with Crippen LogP contribution in [0.4, 0.5) is 0 Å². The summed E-state index contributed by atoms with van der Waals surface area (Å²) in [4.78, 5) is 10.5. The Morgan fingerprint density at radius 3 is 2.69 bits per heavy atom. The third-order valence-corrected chi connectivity index (χ3v) is 6.81. The number of hydrogen-bond donors (Lipinski definition) is 4. The molecule has 2 rings (SSSR count). The Morgan fingerprint density at radius 2 is 2.03 bits per heavy atom. The molecule has 3 unspecified atom stereocenters. The first-order chi connectivity index (χ1) is 13.8. The molecule has 5 nitrogen and oxygen atoms in total. The van der Waals surface area contributed by atoms with Crippen LogP contribution in [0.25, 0.3) is 0 Å². The van der Waals surface area contributed by atoms with Gasteiger partial charge in [0.1, 0.15) is 0 Å². The van der Waals surface area contributed by atoms with Crippen molar-refractivity contribution in [2.75, 3.05) is 0 Å². The SMILES string of the molecule is O=C(O)CCC/C=C\C[C@H]1C(O)CC(O)[C@@H]1/C=C/C(O)CCc1cc(Cl)sc1Cl. The lowest BCUT2D eigenvalue weighted by molar-refractivity contribution is -0.137. The van der Waals surface area contributed by atoms with Crippen molar-refractivity contribution < 1.29 is 25.2 Å². The summed E-state index contributed by atoms with van der Waals surface area (Å²) < 4.78 is 1.26. The molecule has 1 aliphatic carbocycles. The second-order valence-electron chi connectivity index (χ2n) is 7.45. The monoisotopic (exact) mass is 462 g/mol. The molecule has 1 aromatic heterocycles. The highest BCUT2D eigenvalue weighted by Crippen LogP contribution is 2.36. The molecule has 162 valence electrons. The van der Waals surface area contributed by atoms with Crippen LogP contribution in [0.3, 0.4) is 0 Å². The van der Waals surface area contributed by atoms with E-state index in [2.05, 4.69) is 0 Å². The molecule has 8 heteroatoms. The van der Waals surface area contributed by atoms with Crippen LogP contribution in [0.2, 0.25) is 8.67 Å². The molecule has 0 aliphatic heterocycles. The van der Waals surface area contributed by atoms with Crippen LogP contribution in [-0.4, -0.2) is 44.7 Å². The van der Waals surface area contributed by atoms with Gasteiger partial charge >= 0.3 is 5.97 Å². The number of carboxylic acids is 1. The topological polar surface area (TPSA) is 98.0 Å². The summed E-state index contributed by atoms with van der Waals surface area (Å²) in [5.41, 5.74) is 0.913. The van der Waals surface area contributed by atoms with E-state index in [1.54, 1.807) is 18.2 Å². The highest BCUT2D eigenvalue weighted by Gasteiger charge is 2.39. The number of allylic oxidation sites excluding steroid dienone is 2. The van der Waals surface area contributed by atoms with Crippen molar-refractivity contribution in [2.24, 2.45) is 11.8 Å². The Kier molecular flexibility index (Phi) is 10.2. The average Bonchev–Trinajstić information content (AvgIpc) is 3.11. The van der Waals surface area contributed by atoms with Gasteiger partial charge in [-0.25, -0.2) is 0 Å². The van der Waals surface area contributed by atoms with Gasteiger partial charge in [0.25, 0.3) is 0 Å². The number of hydrogen-bond acceptors (Lipinski definition) is 5. The Bertz CT molecular complexity index is 718. The number of aliphatic hydroxyl groups is 3. The molecule has 0 radical (unpaired) electrons. The number of aliphatic carboxylic acids is 1. The van der Waals surface area contributed by atoms with Crippen molar-refractivity contribution in [1.82, 2.24) is 0 Å². The van der Waals surface area contributed by atoms with Crippen molar-refractivity contribution in [3.63, 3.8) is 0 Å². The van der Waals surface area contributed by atoms with Crippen LogP contribution in [0, 0.1) is 11.8 Å². The van der Waals surface area contributed by atoms with Crippen molar-refractivity contribution in [3.05, 3.63) is 44.6 Å². The van der Waals surface area contributed by atoms with Crippen LogP contribution >= 0.6 is 34.5 Å². The molecule has 5 atom stereocenters. The number of thiophene rings is 1. The number of carboxylic acid groups (broad SMARTS) is 1. The van der Waals surface area contributed by atoms with E-state index < -0.39 is 24.3 Å².